The lowest BCUT2D eigenvalue weighted by molar-refractivity contribution is -0.157. The molecule has 1 saturated heterocycles. The topological polar surface area (TPSA) is 83.8 Å². The highest BCUT2D eigenvalue weighted by Crippen LogP contribution is 2.40. The van der Waals surface area contributed by atoms with Crippen molar-refractivity contribution in [2.24, 2.45) is 11.3 Å². The molecule has 0 aromatic rings. The van der Waals surface area contributed by atoms with Crippen molar-refractivity contribution in [3.63, 3.8) is 0 Å². The van der Waals surface area contributed by atoms with Crippen molar-refractivity contribution in [3.8, 4) is 0 Å². The Balaban J connectivity index is 2.77. The van der Waals surface area contributed by atoms with Crippen LogP contribution in [0.3, 0.4) is 0 Å². The van der Waals surface area contributed by atoms with E-state index >= 15 is 0 Å². The first kappa shape index (κ1) is 14.0. The van der Waals surface area contributed by atoms with Crippen LogP contribution in [0.25, 0.3) is 0 Å². The predicted octanol–water partition coefficient (Wildman–Crippen LogP) is 1.19. The lowest BCUT2D eigenvalue weighted by atomic mass is 9.79. The number of aliphatic hydroxyl groups excluding tert-OH is 1. The molecule has 0 aliphatic carbocycles. The number of hydrogen-bond donors (Lipinski definition) is 2. The van der Waals surface area contributed by atoms with E-state index in [1.165, 1.54) is 0 Å². The van der Waals surface area contributed by atoms with E-state index < -0.39 is 23.5 Å². The van der Waals surface area contributed by atoms with Crippen molar-refractivity contribution in [2.45, 2.75) is 45.6 Å². The average molecular weight is 244 g/mol. The summed E-state index contributed by atoms with van der Waals surface area (Å²) in [6.45, 7) is 5.71. The lowest BCUT2D eigenvalue weighted by Crippen LogP contribution is -2.37. The monoisotopic (exact) mass is 244 g/mol. The van der Waals surface area contributed by atoms with Crippen molar-refractivity contribution in [1.29, 1.82) is 0 Å². The van der Waals surface area contributed by atoms with E-state index in [-0.39, 0.29) is 24.9 Å². The van der Waals surface area contributed by atoms with Gasteiger partial charge >= 0.3 is 11.9 Å². The fourth-order valence-electron chi connectivity index (χ4n) is 2.46. The Hall–Kier alpha value is -1.10. The fraction of sp³-hybridized carbons (Fsp3) is 0.833. The van der Waals surface area contributed by atoms with Crippen molar-refractivity contribution in [2.75, 3.05) is 6.61 Å². The number of aliphatic carboxylic acids is 1. The molecule has 2 unspecified atom stereocenters. The van der Waals surface area contributed by atoms with Gasteiger partial charge in [-0.1, -0.05) is 20.8 Å². The molecule has 1 aliphatic rings. The first-order valence-electron chi connectivity index (χ1n) is 5.73. The zero-order valence-corrected chi connectivity index (χ0v) is 10.5. The van der Waals surface area contributed by atoms with Crippen LogP contribution in [-0.2, 0) is 14.3 Å². The molecular formula is C12H20O5. The minimum absolute atomic E-state index is 0.0961. The van der Waals surface area contributed by atoms with E-state index in [2.05, 4.69) is 0 Å². The molecule has 0 spiro atoms. The number of hydrogen-bond acceptors (Lipinski definition) is 4. The number of ether oxygens (including phenoxy) is 1. The van der Waals surface area contributed by atoms with Crippen molar-refractivity contribution in [1.82, 2.24) is 0 Å². The van der Waals surface area contributed by atoms with Gasteiger partial charge < -0.3 is 14.9 Å². The molecule has 0 saturated carbocycles. The molecule has 0 bridgehead atoms. The third-order valence-electron chi connectivity index (χ3n) is 2.83. The molecule has 1 fully saturated rings. The number of cyclic esters (lactones) is 1. The van der Waals surface area contributed by atoms with Crippen LogP contribution >= 0.6 is 0 Å². The molecular weight excluding hydrogens is 224 g/mol. The number of carboxylic acid groups (broad SMARTS) is 1. The molecule has 98 valence electrons. The van der Waals surface area contributed by atoms with E-state index in [9.17, 15) is 14.7 Å². The zero-order valence-electron chi connectivity index (χ0n) is 10.5. The van der Waals surface area contributed by atoms with Gasteiger partial charge in [0, 0.05) is 6.42 Å². The van der Waals surface area contributed by atoms with Crippen LogP contribution in [0.4, 0.5) is 0 Å². The molecule has 5 heteroatoms. The van der Waals surface area contributed by atoms with Gasteiger partial charge in [0.1, 0.15) is 5.60 Å². The molecule has 1 rings (SSSR count). The molecule has 2 atom stereocenters. The van der Waals surface area contributed by atoms with Crippen LogP contribution in [-0.4, -0.2) is 34.4 Å². The van der Waals surface area contributed by atoms with Crippen LogP contribution in [0.2, 0.25) is 0 Å². The van der Waals surface area contributed by atoms with E-state index in [0.717, 1.165) is 0 Å². The van der Waals surface area contributed by atoms with Crippen molar-refractivity contribution < 1.29 is 24.5 Å². The number of rotatable bonds is 4. The number of carbonyl (C=O) groups excluding carboxylic acids is 1. The summed E-state index contributed by atoms with van der Waals surface area (Å²) in [6.07, 6.45) is 0.578. The third-order valence-corrected chi connectivity index (χ3v) is 2.83. The summed E-state index contributed by atoms with van der Waals surface area (Å²) < 4.78 is 5.24. The van der Waals surface area contributed by atoms with Gasteiger partial charge in [0.05, 0.1) is 18.9 Å². The smallest absolute Gasteiger partial charge is 0.310 e. The molecule has 0 aromatic heterocycles. The maximum atomic E-state index is 11.6. The van der Waals surface area contributed by atoms with Gasteiger partial charge in [0.15, 0.2) is 0 Å². The largest absolute Gasteiger partial charge is 0.481 e. The van der Waals surface area contributed by atoms with Gasteiger partial charge in [-0.3, -0.25) is 9.59 Å². The summed E-state index contributed by atoms with van der Waals surface area (Å²) in [5.41, 5.74) is -1.00. The van der Waals surface area contributed by atoms with Gasteiger partial charge in [-0.2, -0.15) is 0 Å². The summed E-state index contributed by atoms with van der Waals surface area (Å²) in [5, 5.41) is 18.1. The van der Waals surface area contributed by atoms with Crippen LogP contribution in [0.5, 0.6) is 0 Å². The Morgan fingerprint density at radius 2 is 2.12 bits per heavy atom. The summed E-state index contributed by atoms with van der Waals surface area (Å²) in [5.74, 6) is -2.16. The van der Waals surface area contributed by atoms with E-state index in [1.54, 1.807) is 0 Å². The van der Waals surface area contributed by atoms with Gasteiger partial charge in [-0.05, 0) is 11.8 Å². The fourth-order valence-corrected chi connectivity index (χ4v) is 2.46. The summed E-state index contributed by atoms with van der Waals surface area (Å²) in [6, 6.07) is 0. The Kier molecular flexibility index (Phi) is 3.81. The second-order valence-corrected chi connectivity index (χ2v) is 6.00. The second kappa shape index (κ2) is 4.64. The highest BCUT2D eigenvalue weighted by molar-refractivity contribution is 5.81. The number of carboxylic acids is 1. The van der Waals surface area contributed by atoms with E-state index in [0.29, 0.717) is 6.42 Å². The van der Waals surface area contributed by atoms with E-state index in [4.69, 9.17) is 9.84 Å². The van der Waals surface area contributed by atoms with Crippen molar-refractivity contribution >= 4 is 11.9 Å². The quantitative estimate of drug-likeness (QED) is 0.726. The molecule has 2 N–H and O–H groups in total. The maximum absolute atomic E-state index is 11.6. The minimum Gasteiger partial charge on any atom is -0.481 e. The lowest BCUT2D eigenvalue weighted by Gasteiger charge is -2.32. The average Bonchev–Trinajstić information content (AvgIpc) is 2.40. The first-order chi connectivity index (χ1) is 7.67. The summed E-state index contributed by atoms with van der Waals surface area (Å²) >= 11 is 0. The Bertz CT molecular complexity index is 317. The minimum atomic E-state index is -1.02. The summed E-state index contributed by atoms with van der Waals surface area (Å²) in [7, 11) is 0. The number of carbonyl (C=O) groups is 2. The van der Waals surface area contributed by atoms with E-state index in [1.807, 2.05) is 20.8 Å². The number of esters is 1. The van der Waals surface area contributed by atoms with Crippen LogP contribution in [0.15, 0.2) is 0 Å². The van der Waals surface area contributed by atoms with Gasteiger partial charge in [-0.15, -0.1) is 0 Å². The van der Waals surface area contributed by atoms with Gasteiger partial charge in [0.25, 0.3) is 0 Å². The normalized spacial score (nSPS) is 29.2. The Labute approximate surface area is 101 Å². The Morgan fingerprint density at radius 3 is 2.53 bits per heavy atom. The van der Waals surface area contributed by atoms with Gasteiger partial charge in [0.2, 0.25) is 0 Å². The molecule has 0 aromatic carbocycles. The predicted molar refractivity (Wildman–Crippen MR) is 60.3 cm³/mol. The van der Waals surface area contributed by atoms with Crippen molar-refractivity contribution in [3.05, 3.63) is 0 Å². The highest BCUT2D eigenvalue weighted by atomic mass is 16.6. The van der Waals surface area contributed by atoms with Crippen LogP contribution in [0.1, 0.15) is 40.0 Å². The van der Waals surface area contributed by atoms with Gasteiger partial charge in [-0.25, -0.2) is 0 Å². The SMILES string of the molecule is CC(C)(C)CC1(CO)CC(CC(=O)O)C(=O)O1. The summed E-state index contributed by atoms with van der Waals surface area (Å²) in [4.78, 5) is 22.2. The highest BCUT2D eigenvalue weighted by Gasteiger charge is 2.48. The molecule has 1 heterocycles. The molecule has 5 nitrogen and oxygen atoms in total. The Morgan fingerprint density at radius 1 is 1.53 bits per heavy atom. The molecule has 0 amide bonds. The standard InChI is InChI=1S/C12H20O5/c1-11(2,3)6-12(7-13)5-8(4-9(14)15)10(16)17-12/h8,13H,4-7H2,1-3H3,(H,14,15). The maximum Gasteiger partial charge on any atom is 0.310 e. The molecule has 0 radical (unpaired) electrons. The molecule has 17 heavy (non-hydrogen) atoms. The van der Waals surface area contributed by atoms with Crippen LogP contribution < -0.4 is 0 Å². The third kappa shape index (κ3) is 3.70. The first-order valence-corrected chi connectivity index (χ1v) is 5.73. The second-order valence-electron chi connectivity index (χ2n) is 6.00. The van der Waals surface area contributed by atoms with Crippen LogP contribution in [0, 0.1) is 11.3 Å². The number of aliphatic hydroxyl groups is 1. The zero-order chi connectivity index (χ0) is 13.3. The molecule has 1 aliphatic heterocycles.